The number of fused-ring (bicyclic) bond motifs is 4. The molecule has 0 aromatic heterocycles. The second kappa shape index (κ2) is 6.64. The first-order valence-electron chi connectivity index (χ1n) is 9.36. The van der Waals surface area contributed by atoms with Gasteiger partial charge in [0.05, 0.1) is 47.6 Å². The summed E-state index contributed by atoms with van der Waals surface area (Å²) in [4.78, 5) is 0. The maximum atomic E-state index is 5.72. The molecule has 0 unspecified atom stereocenters. The molecule has 4 rings (SSSR count). The van der Waals surface area contributed by atoms with Gasteiger partial charge in [0.1, 0.15) is 12.6 Å². The van der Waals surface area contributed by atoms with Crippen molar-refractivity contribution in [2.24, 2.45) is 0 Å². The van der Waals surface area contributed by atoms with Crippen molar-refractivity contribution in [2.75, 3.05) is 42.0 Å². The van der Waals surface area contributed by atoms with Crippen LogP contribution in [0.4, 0.5) is 0 Å². The molecule has 2 heterocycles. The smallest absolute Gasteiger partial charge is 0.169 e. The molecular weight excluding hydrogens is 342 g/mol. The Labute approximate surface area is 161 Å². The molecule has 5 heteroatoms. The molecule has 27 heavy (non-hydrogen) atoms. The zero-order valence-corrected chi connectivity index (χ0v) is 16.8. The zero-order chi connectivity index (χ0) is 19.2. The van der Waals surface area contributed by atoms with Gasteiger partial charge in [0, 0.05) is 18.4 Å². The quantitative estimate of drug-likeness (QED) is 0.772. The monoisotopic (exact) mass is 370 g/mol. The van der Waals surface area contributed by atoms with Crippen molar-refractivity contribution in [1.82, 2.24) is 0 Å². The summed E-state index contributed by atoms with van der Waals surface area (Å²) in [5.74, 6) is 3.31. The first kappa shape index (κ1) is 18.0. The number of likely N-dealkylation sites (N-methyl/N-ethyl adjacent to an activating group) is 1. The number of nitrogens with zero attached hydrogens (tertiary/aromatic N) is 1. The second-order valence-corrected chi connectivity index (χ2v) is 7.68. The van der Waals surface area contributed by atoms with Crippen LogP contribution in [-0.2, 0) is 19.4 Å². The number of quaternary nitrogens is 1. The number of benzene rings is 2. The predicted molar refractivity (Wildman–Crippen MR) is 104 cm³/mol. The Morgan fingerprint density at radius 1 is 0.852 bits per heavy atom. The first-order valence-corrected chi connectivity index (χ1v) is 9.36. The first-order chi connectivity index (χ1) is 13.0. The average molecular weight is 370 g/mol. The Hall–Kier alpha value is -2.40. The van der Waals surface area contributed by atoms with E-state index in [1.807, 2.05) is 6.07 Å². The van der Waals surface area contributed by atoms with E-state index in [-0.39, 0.29) is 0 Å². The SMILES string of the molecule is COc1cc2c(cc1OC)[C@H]1Cc3ccc(OC)c(OC)c3C[N@+]1(C)CC2. The van der Waals surface area contributed by atoms with Crippen LogP contribution in [0.3, 0.4) is 0 Å². The third-order valence-electron chi connectivity index (χ3n) is 6.33. The third-order valence-corrected chi connectivity index (χ3v) is 6.33. The van der Waals surface area contributed by atoms with Crippen molar-refractivity contribution >= 4 is 0 Å². The fraction of sp³-hybridized carbons (Fsp3) is 0.455. The van der Waals surface area contributed by atoms with Crippen LogP contribution in [0.15, 0.2) is 24.3 Å². The van der Waals surface area contributed by atoms with E-state index in [1.165, 1.54) is 22.3 Å². The Balaban J connectivity index is 1.82. The molecule has 2 aromatic carbocycles. The fourth-order valence-corrected chi connectivity index (χ4v) is 4.82. The van der Waals surface area contributed by atoms with Crippen LogP contribution >= 0.6 is 0 Å². The Morgan fingerprint density at radius 2 is 1.56 bits per heavy atom. The van der Waals surface area contributed by atoms with Crippen LogP contribution in [0.5, 0.6) is 23.0 Å². The molecule has 2 aromatic rings. The predicted octanol–water partition coefficient (Wildman–Crippen LogP) is 3.52. The Bertz CT molecular complexity index is 879. The highest BCUT2D eigenvalue weighted by Gasteiger charge is 2.44. The van der Waals surface area contributed by atoms with Gasteiger partial charge in [-0.25, -0.2) is 0 Å². The highest BCUT2D eigenvalue weighted by molar-refractivity contribution is 5.53. The normalized spacial score (nSPS) is 22.9. The molecule has 2 aliphatic rings. The van der Waals surface area contributed by atoms with Crippen molar-refractivity contribution in [3.05, 3.63) is 46.5 Å². The molecule has 0 amide bonds. The number of hydrogen-bond acceptors (Lipinski definition) is 4. The summed E-state index contributed by atoms with van der Waals surface area (Å²) in [6.07, 6.45) is 2.01. The molecule has 2 aliphatic heterocycles. The van der Waals surface area contributed by atoms with Crippen LogP contribution in [0.25, 0.3) is 0 Å². The van der Waals surface area contributed by atoms with E-state index < -0.39 is 0 Å². The lowest BCUT2D eigenvalue weighted by Crippen LogP contribution is -2.53. The van der Waals surface area contributed by atoms with Gasteiger partial charge in [0.25, 0.3) is 0 Å². The van der Waals surface area contributed by atoms with Gasteiger partial charge in [-0.15, -0.1) is 0 Å². The minimum Gasteiger partial charge on any atom is -0.493 e. The molecule has 0 N–H and O–H groups in total. The van der Waals surface area contributed by atoms with Gasteiger partial charge in [-0.05, 0) is 29.3 Å². The number of rotatable bonds is 4. The lowest BCUT2D eigenvalue weighted by Gasteiger charge is -2.49. The van der Waals surface area contributed by atoms with E-state index in [0.29, 0.717) is 6.04 Å². The molecule has 0 saturated carbocycles. The molecule has 5 nitrogen and oxygen atoms in total. The third kappa shape index (κ3) is 2.72. The lowest BCUT2D eigenvalue weighted by molar-refractivity contribution is -0.956. The van der Waals surface area contributed by atoms with Gasteiger partial charge in [-0.1, -0.05) is 6.07 Å². The van der Waals surface area contributed by atoms with Gasteiger partial charge in [-0.3, -0.25) is 0 Å². The zero-order valence-electron chi connectivity index (χ0n) is 16.8. The van der Waals surface area contributed by atoms with Gasteiger partial charge < -0.3 is 23.4 Å². The Morgan fingerprint density at radius 3 is 2.22 bits per heavy atom. The van der Waals surface area contributed by atoms with Crippen LogP contribution in [0.2, 0.25) is 0 Å². The number of hydrogen-bond donors (Lipinski definition) is 0. The minimum atomic E-state index is 0.402. The highest BCUT2D eigenvalue weighted by Crippen LogP contribution is 2.48. The molecule has 0 spiro atoms. The van der Waals surface area contributed by atoms with Gasteiger partial charge in [0.2, 0.25) is 0 Å². The topological polar surface area (TPSA) is 36.9 Å². The van der Waals surface area contributed by atoms with Gasteiger partial charge >= 0.3 is 0 Å². The van der Waals surface area contributed by atoms with Gasteiger partial charge in [-0.2, -0.15) is 0 Å². The van der Waals surface area contributed by atoms with E-state index >= 15 is 0 Å². The van der Waals surface area contributed by atoms with Crippen LogP contribution < -0.4 is 18.9 Å². The number of methoxy groups -OCH3 is 4. The summed E-state index contributed by atoms with van der Waals surface area (Å²) in [7, 11) is 9.18. The average Bonchev–Trinajstić information content (AvgIpc) is 2.70. The molecule has 144 valence electrons. The van der Waals surface area contributed by atoms with Crippen molar-refractivity contribution < 1.29 is 23.4 Å². The summed E-state index contributed by atoms with van der Waals surface area (Å²) >= 11 is 0. The van der Waals surface area contributed by atoms with E-state index in [1.54, 1.807) is 28.4 Å². The summed E-state index contributed by atoms with van der Waals surface area (Å²) in [6.45, 7) is 2.03. The van der Waals surface area contributed by atoms with E-state index in [0.717, 1.165) is 53.4 Å². The fourth-order valence-electron chi connectivity index (χ4n) is 4.82. The Kier molecular flexibility index (Phi) is 4.42. The maximum Gasteiger partial charge on any atom is 0.169 e. The van der Waals surface area contributed by atoms with Crippen molar-refractivity contribution in [1.29, 1.82) is 0 Å². The van der Waals surface area contributed by atoms with E-state index in [4.69, 9.17) is 18.9 Å². The van der Waals surface area contributed by atoms with Crippen LogP contribution in [-0.4, -0.2) is 46.5 Å². The molecule has 0 fully saturated rings. The largest absolute Gasteiger partial charge is 0.493 e. The highest BCUT2D eigenvalue weighted by atomic mass is 16.5. The lowest BCUT2D eigenvalue weighted by atomic mass is 9.81. The van der Waals surface area contributed by atoms with Crippen molar-refractivity contribution in [3.8, 4) is 23.0 Å². The molecular formula is C22H28NO4+. The summed E-state index contributed by atoms with van der Waals surface area (Å²) < 4.78 is 23.3. The summed E-state index contributed by atoms with van der Waals surface area (Å²) in [5.41, 5.74) is 5.37. The molecule has 2 atom stereocenters. The molecule has 0 radical (unpaired) electrons. The molecule has 0 bridgehead atoms. The maximum absolute atomic E-state index is 5.72. The minimum absolute atomic E-state index is 0.402. The second-order valence-electron chi connectivity index (χ2n) is 7.68. The number of ether oxygens (including phenoxy) is 4. The van der Waals surface area contributed by atoms with Crippen LogP contribution in [0.1, 0.15) is 28.3 Å². The van der Waals surface area contributed by atoms with Gasteiger partial charge in [0.15, 0.2) is 23.0 Å². The standard InChI is InChI=1S/C22H28NO4/c1-23-9-8-15-11-20(25-3)21(26-4)12-16(15)18(23)10-14-6-7-19(24-2)22(27-5)17(14)13-23/h6-7,11-12,18H,8-10,13H2,1-5H3/q+1/t18-,23+/m1/s1. The van der Waals surface area contributed by atoms with E-state index in [9.17, 15) is 0 Å². The van der Waals surface area contributed by atoms with Crippen molar-refractivity contribution in [3.63, 3.8) is 0 Å². The summed E-state index contributed by atoms with van der Waals surface area (Å²) in [5, 5.41) is 0. The van der Waals surface area contributed by atoms with Crippen LogP contribution in [0, 0.1) is 0 Å². The molecule has 0 saturated heterocycles. The van der Waals surface area contributed by atoms with Crippen molar-refractivity contribution in [2.45, 2.75) is 25.4 Å². The molecule has 0 aliphatic carbocycles. The van der Waals surface area contributed by atoms with E-state index in [2.05, 4.69) is 25.2 Å². The summed E-state index contributed by atoms with van der Waals surface area (Å²) in [6, 6.07) is 8.95.